The van der Waals surface area contributed by atoms with Crippen LogP contribution in [0.25, 0.3) is 10.9 Å². The molecule has 2 aromatic heterocycles. The minimum atomic E-state index is -4.76. The van der Waals surface area contributed by atoms with Gasteiger partial charge in [-0.05, 0) is 50.8 Å². The van der Waals surface area contributed by atoms with Gasteiger partial charge in [0.2, 0.25) is 9.84 Å². The van der Waals surface area contributed by atoms with Gasteiger partial charge in [-0.2, -0.15) is 8.78 Å². The smallest absolute Gasteiger partial charge is 0.341 e. The maximum atomic E-state index is 13.6. The monoisotopic (exact) mass is 480 g/mol. The number of pyridine rings is 1. The summed E-state index contributed by atoms with van der Waals surface area (Å²) in [5.41, 5.74) is -0.0986. The molecule has 1 aliphatic carbocycles. The van der Waals surface area contributed by atoms with Gasteiger partial charge in [-0.1, -0.05) is 12.1 Å². The zero-order chi connectivity index (χ0) is 24.1. The second-order valence-corrected chi connectivity index (χ2v) is 10.3. The number of anilines is 1. The zero-order valence-corrected chi connectivity index (χ0v) is 19.1. The van der Waals surface area contributed by atoms with Crippen LogP contribution in [0.15, 0.2) is 40.2 Å². The molecule has 3 aromatic rings. The average molecular weight is 481 g/mol. The van der Waals surface area contributed by atoms with Crippen LogP contribution >= 0.6 is 0 Å². The number of hydrogen-bond acceptors (Lipinski definition) is 6. The highest BCUT2D eigenvalue weighted by Gasteiger charge is 2.45. The van der Waals surface area contributed by atoms with Gasteiger partial charge in [0.1, 0.15) is 18.3 Å². The molecule has 1 N–H and O–H groups in total. The summed E-state index contributed by atoms with van der Waals surface area (Å²) in [5.74, 6) is -2.76. The van der Waals surface area contributed by atoms with Gasteiger partial charge in [0.25, 0.3) is 5.56 Å². The lowest BCUT2D eigenvalue weighted by molar-refractivity contribution is 0.234. The summed E-state index contributed by atoms with van der Waals surface area (Å²) in [5, 5.41) is 3.69. The predicted octanol–water partition coefficient (Wildman–Crippen LogP) is 4.04. The molecule has 0 radical (unpaired) electrons. The van der Waals surface area contributed by atoms with Gasteiger partial charge in [0.05, 0.1) is 27.4 Å². The number of alkyl halides is 3. The molecular weight excluding hydrogens is 457 g/mol. The number of aryl methyl sites for hydroxylation is 1. The highest BCUT2D eigenvalue weighted by atomic mass is 32.2. The Balaban J connectivity index is 1.78. The minimum absolute atomic E-state index is 0.208. The number of nitrogens with zero attached hydrogens (tertiary/aromatic N) is 3. The molecule has 2 heterocycles. The van der Waals surface area contributed by atoms with Crippen LogP contribution in [0.5, 0.6) is 0 Å². The van der Waals surface area contributed by atoms with E-state index in [1.165, 1.54) is 23.6 Å². The van der Waals surface area contributed by atoms with Crippen molar-refractivity contribution in [2.24, 2.45) is 0 Å². The quantitative estimate of drug-likeness (QED) is 0.549. The van der Waals surface area contributed by atoms with Gasteiger partial charge in [-0.25, -0.2) is 22.8 Å². The summed E-state index contributed by atoms with van der Waals surface area (Å²) in [4.78, 5) is 20.9. The highest BCUT2D eigenvalue weighted by Crippen LogP contribution is 2.43. The van der Waals surface area contributed by atoms with Crippen molar-refractivity contribution < 1.29 is 21.6 Å². The Morgan fingerprint density at radius 2 is 1.91 bits per heavy atom. The van der Waals surface area contributed by atoms with Gasteiger partial charge in [-0.15, -0.1) is 0 Å². The van der Waals surface area contributed by atoms with E-state index in [0.29, 0.717) is 41.0 Å². The Labute approximate surface area is 188 Å². The van der Waals surface area contributed by atoms with Crippen molar-refractivity contribution in [3.63, 3.8) is 0 Å². The van der Waals surface area contributed by atoms with Crippen LogP contribution in [0.1, 0.15) is 42.8 Å². The first kappa shape index (κ1) is 23.2. The number of halogens is 3. The Hall–Kier alpha value is -2.95. The highest BCUT2D eigenvalue weighted by molar-refractivity contribution is 7.91. The van der Waals surface area contributed by atoms with Crippen LogP contribution in [-0.4, -0.2) is 35.4 Å². The third kappa shape index (κ3) is 3.98. The van der Waals surface area contributed by atoms with Crippen molar-refractivity contribution in [3.05, 3.63) is 57.8 Å². The molecule has 0 aliphatic heterocycles. The second-order valence-electron chi connectivity index (χ2n) is 8.40. The molecular formula is C22H23F3N4O3S. The van der Waals surface area contributed by atoms with Crippen LogP contribution < -0.4 is 10.9 Å². The van der Waals surface area contributed by atoms with E-state index in [9.17, 15) is 26.4 Å². The van der Waals surface area contributed by atoms with Crippen molar-refractivity contribution in [2.45, 2.75) is 55.8 Å². The Bertz CT molecular complexity index is 1400. The molecule has 1 aliphatic rings. The van der Waals surface area contributed by atoms with Gasteiger partial charge >= 0.3 is 5.76 Å². The van der Waals surface area contributed by atoms with Crippen molar-refractivity contribution in [3.8, 4) is 0 Å². The van der Waals surface area contributed by atoms with Crippen LogP contribution in [0.4, 0.5) is 19.0 Å². The third-order valence-electron chi connectivity index (χ3n) is 6.12. The molecule has 33 heavy (non-hydrogen) atoms. The fraction of sp³-hybridized carbons (Fsp3) is 0.409. The molecule has 1 unspecified atom stereocenters. The lowest BCUT2D eigenvalue weighted by atomic mass is 10.0. The van der Waals surface area contributed by atoms with Crippen molar-refractivity contribution in [1.82, 2.24) is 14.5 Å². The average Bonchev–Trinajstić information content (AvgIpc) is 3.54. The van der Waals surface area contributed by atoms with Gasteiger partial charge in [0, 0.05) is 12.3 Å². The lowest BCUT2D eigenvalue weighted by Gasteiger charge is -2.21. The predicted molar refractivity (Wildman–Crippen MR) is 118 cm³/mol. The molecule has 0 spiro atoms. The number of fused-ring (bicyclic) bond motifs is 1. The number of benzene rings is 1. The third-order valence-corrected chi connectivity index (χ3v) is 7.64. The number of rotatable bonds is 7. The van der Waals surface area contributed by atoms with Crippen LogP contribution in [0.3, 0.4) is 0 Å². The van der Waals surface area contributed by atoms with E-state index < -0.39 is 38.7 Å². The lowest BCUT2D eigenvalue weighted by Crippen LogP contribution is -2.31. The maximum absolute atomic E-state index is 13.6. The Morgan fingerprint density at radius 3 is 2.52 bits per heavy atom. The first-order valence-corrected chi connectivity index (χ1v) is 11.9. The van der Waals surface area contributed by atoms with Crippen molar-refractivity contribution in [1.29, 1.82) is 0 Å². The molecule has 0 bridgehead atoms. The van der Waals surface area contributed by atoms with Crippen LogP contribution in [0, 0.1) is 13.8 Å². The molecule has 1 fully saturated rings. The summed E-state index contributed by atoms with van der Waals surface area (Å²) < 4.78 is 65.3. The van der Waals surface area contributed by atoms with Crippen molar-refractivity contribution in [2.75, 3.05) is 12.0 Å². The van der Waals surface area contributed by atoms with E-state index in [2.05, 4.69) is 15.3 Å². The maximum Gasteiger partial charge on any atom is 0.341 e. The fourth-order valence-corrected chi connectivity index (χ4v) is 5.08. The largest absolute Gasteiger partial charge is 0.363 e. The number of aromatic nitrogens is 3. The number of hydrogen-bond donors (Lipinski definition) is 1. The first-order valence-electron chi connectivity index (χ1n) is 10.4. The number of sulfone groups is 1. The molecule has 0 amide bonds. The van der Waals surface area contributed by atoms with E-state index in [1.54, 1.807) is 26.1 Å². The van der Waals surface area contributed by atoms with E-state index >= 15 is 0 Å². The van der Waals surface area contributed by atoms with Crippen LogP contribution in [0.2, 0.25) is 0 Å². The number of nitrogens with one attached hydrogen (secondary N) is 1. The molecule has 0 saturated heterocycles. The Morgan fingerprint density at radius 1 is 1.21 bits per heavy atom. The SMILES string of the molecule is Cc1nc(NC(C)c2cccc(S(=O)(=O)C(F)F)c2C)c2cn(C3(CF)CC3)c(=O)cc2n1. The van der Waals surface area contributed by atoms with Crippen LogP contribution in [-0.2, 0) is 15.4 Å². The molecule has 1 saturated carbocycles. The molecule has 7 nitrogen and oxygen atoms in total. The molecule has 1 atom stereocenters. The summed E-state index contributed by atoms with van der Waals surface area (Å²) in [7, 11) is -4.76. The fourth-order valence-electron chi connectivity index (χ4n) is 4.07. The summed E-state index contributed by atoms with van der Waals surface area (Å²) in [6.45, 7) is 4.22. The minimum Gasteiger partial charge on any atom is -0.363 e. The van der Waals surface area contributed by atoms with E-state index in [-0.39, 0.29) is 11.1 Å². The first-order chi connectivity index (χ1) is 15.5. The van der Waals surface area contributed by atoms with Gasteiger partial charge < -0.3 is 9.88 Å². The van der Waals surface area contributed by atoms with E-state index in [0.717, 1.165) is 6.07 Å². The topological polar surface area (TPSA) is 94.0 Å². The molecule has 4 rings (SSSR count). The molecule has 11 heteroatoms. The van der Waals surface area contributed by atoms with Crippen molar-refractivity contribution >= 4 is 26.6 Å². The summed E-state index contributed by atoms with van der Waals surface area (Å²) in [6, 6.07) is 5.03. The zero-order valence-electron chi connectivity index (χ0n) is 18.3. The summed E-state index contributed by atoms with van der Waals surface area (Å²) >= 11 is 0. The molecule has 176 valence electrons. The van der Waals surface area contributed by atoms with Gasteiger partial charge in [-0.3, -0.25) is 4.79 Å². The van der Waals surface area contributed by atoms with E-state index in [1.807, 2.05) is 0 Å². The second kappa shape index (κ2) is 8.12. The summed E-state index contributed by atoms with van der Waals surface area (Å²) in [6.07, 6.45) is 2.67. The van der Waals surface area contributed by atoms with E-state index in [4.69, 9.17) is 0 Å². The molecule has 1 aromatic carbocycles. The standard InChI is InChI=1S/C22H23F3N4O3S/c1-12-15(5-4-6-18(12)33(31,32)21(24)25)13(2)26-20-16-10-29(22(11-23)7-8-22)19(30)9-17(16)27-14(3)28-20/h4-6,9-10,13,21H,7-8,11H2,1-3H3,(H,26,27,28). The Kier molecular flexibility index (Phi) is 5.71. The van der Waals surface area contributed by atoms with Gasteiger partial charge in [0.15, 0.2) is 0 Å². The normalized spacial score (nSPS) is 16.2.